The van der Waals surface area contributed by atoms with Crippen LogP contribution in [0.25, 0.3) is 5.57 Å². The van der Waals surface area contributed by atoms with Gasteiger partial charge in [0.1, 0.15) is 6.29 Å². The summed E-state index contributed by atoms with van der Waals surface area (Å²) in [7, 11) is 4.04. The second-order valence-electron chi connectivity index (χ2n) is 5.82. The Hall–Kier alpha value is -1.84. The first-order valence-electron chi connectivity index (χ1n) is 7.47. The number of nitrogens with zero attached hydrogens (tertiary/aromatic N) is 1. The lowest BCUT2D eigenvalue weighted by atomic mass is 9.82. The van der Waals surface area contributed by atoms with E-state index in [2.05, 4.69) is 29.2 Å². The Morgan fingerprint density at radius 2 is 1.87 bits per heavy atom. The van der Waals surface area contributed by atoms with Crippen molar-refractivity contribution in [3.8, 4) is 0 Å². The molecule has 0 fully saturated rings. The minimum atomic E-state index is 0.101. The fourth-order valence-electron chi connectivity index (χ4n) is 2.82. The number of anilines is 1. The number of benzene rings is 1. The first-order chi connectivity index (χ1) is 11.1. The third-order valence-corrected chi connectivity index (χ3v) is 5.45. The van der Waals surface area contributed by atoms with Crippen molar-refractivity contribution in [3.05, 3.63) is 68.9 Å². The number of halogens is 1. The second-order valence-corrected chi connectivity index (χ2v) is 7.54. The maximum absolute atomic E-state index is 11.4. The molecule has 0 N–H and O–H groups in total. The van der Waals surface area contributed by atoms with Crippen LogP contribution in [-0.4, -0.2) is 20.4 Å². The van der Waals surface area contributed by atoms with E-state index in [1.54, 1.807) is 11.3 Å². The summed E-state index contributed by atoms with van der Waals surface area (Å²) >= 11 is 7.63. The molecule has 23 heavy (non-hydrogen) atoms. The third kappa shape index (κ3) is 3.41. The molecule has 0 aliphatic heterocycles. The molecule has 1 atom stereocenters. The van der Waals surface area contributed by atoms with E-state index in [1.165, 1.54) is 16.0 Å². The van der Waals surface area contributed by atoms with Crippen molar-refractivity contribution in [2.75, 3.05) is 19.0 Å². The molecule has 0 saturated heterocycles. The topological polar surface area (TPSA) is 20.3 Å². The van der Waals surface area contributed by atoms with Crippen molar-refractivity contribution in [2.45, 2.75) is 12.3 Å². The number of allylic oxidation sites excluding steroid dienone is 4. The zero-order chi connectivity index (χ0) is 16.4. The van der Waals surface area contributed by atoms with Crippen LogP contribution < -0.4 is 4.90 Å². The highest BCUT2D eigenvalue weighted by molar-refractivity contribution is 7.17. The average Bonchev–Trinajstić information content (AvgIpc) is 3.01. The highest BCUT2D eigenvalue weighted by Crippen LogP contribution is 2.40. The fraction of sp³-hybridized carbons (Fsp3) is 0.211. The molecule has 3 rings (SSSR count). The second kappa shape index (κ2) is 6.73. The third-order valence-electron chi connectivity index (χ3n) is 4.14. The molecule has 4 heteroatoms. The van der Waals surface area contributed by atoms with Crippen LogP contribution in [0, 0.1) is 0 Å². The molecule has 1 aromatic carbocycles. The van der Waals surface area contributed by atoms with Crippen LogP contribution in [0.1, 0.15) is 22.8 Å². The molecule has 1 heterocycles. The van der Waals surface area contributed by atoms with E-state index in [-0.39, 0.29) is 5.92 Å². The lowest BCUT2D eigenvalue weighted by Crippen LogP contribution is -2.10. The van der Waals surface area contributed by atoms with Gasteiger partial charge in [-0.1, -0.05) is 35.9 Å². The smallest absolute Gasteiger partial charge is 0.146 e. The number of hydrogen-bond donors (Lipinski definition) is 0. The zero-order valence-electron chi connectivity index (χ0n) is 13.1. The van der Waals surface area contributed by atoms with E-state index in [4.69, 9.17) is 11.6 Å². The molecule has 1 aromatic heterocycles. The fourth-order valence-corrected chi connectivity index (χ4v) is 3.90. The van der Waals surface area contributed by atoms with E-state index in [0.29, 0.717) is 0 Å². The van der Waals surface area contributed by atoms with E-state index in [0.717, 1.165) is 28.3 Å². The monoisotopic (exact) mass is 343 g/mol. The van der Waals surface area contributed by atoms with Crippen LogP contribution in [0.5, 0.6) is 0 Å². The van der Waals surface area contributed by atoms with Crippen LogP contribution >= 0.6 is 22.9 Å². The van der Waals surface area contributed by atoms with Gasteiger partial charge in [-0.2, -0.15) is 0 Å². The van der Waals surface area contributed by atoms with Gasteiger partial charge >= 0.3 is 0 Å². The first kappa shape index (κ1) is 16.0. The summed E-state index contributed by atoms with van der Waals surface area (Å²) in [6, 6.07) is 12.4. The molecule has 118 valence electrons. The zero-order valence-corrected chi connectivity index (χ0v) is 14.7. The largest absolute Gasteiger partial charge is 0.378 e. The normalized spacial score (nSPS) is 17.4. The molecule has 2 aromatic rings. The van der Waals surface area contributed by atoms with Gasteiger partial charge in [0.25, 0.3) is 0 Å². The number of carbonyl (C=O) groups is 1. The van der Waals surface area contributed by atoms with E-state index in [9.17, 15) is 4.79 Å². The first-order valence-corrected chi connectivity index (χ1v) is 8.67. The predicted octanol–water partition coefficient (Wildman–Crippen LogP) is 5.16. The lowest BCUT2D eigenvalue weighted by molar-refractivity contribution is -0.105. The quantitative estimate of drug-likeness (QED) is 0.714. The minimum absolute atomic E-state index is 0.101. The number of aldehydes is 1. The van der Waals surface area contributed by atoms with Crippen molar-refractivity contribution < 1.29 is 4.79 Å². The predicted molar refractivity (Wildman–Crippen MR) is 99.6 cm³/mol. The van der Waals surface area contributed by atoms with Gasteiger partial charge in [-0.25, -0.2) is 0 Å². The van der Waals surface area contributed by atoms with Gasteiger partial charge in [-0.3, -0.25) is 4.79 Å². The number of carbonyl (C=O) groups excluding carboxylic acids is 1. The van der Waals surface area contributed by atoms with Crippen molar-refractivity contribution in [2.24, 2.45) is 0 Å². The molecule has 0 saturated carbocycles. The molecule has 1 unspecified atom stereocenters. The van der Waals surface area contributed by atoms with Gasteiger partial charge in [-0.15, -0.1) is 11.3 Å². The Bertz CT molecular complexity index is 771. The molecular weight excluding hydrogens is 326 g/mol. The SMILES string of the molecule is CN(C)c1ccc(C2CC(c3ccc(Cl)s3)=CC=C2C=O)cc1. The number of hydrogen-bond acceptors (Lipinski definition) is 3. The highest BCUT2D eigenvalue weighted by atomic mass is 35.5. The molecule has 1 aliphatic rings. The lowest BCUT2D eigenvalue weighted by Gasteiger charge is -2.23. The van der Waals surface area contributed by atoms with E-state index >= 15 is 0 Å². The molecular formula is C19H18ClNOS. The Morgan fingerprint density at radius 1 is 1.13 bits per heavy atom. The summed E-state index contributed by atoms with van der Waals surface area (Å²) in [5.74, 6) is 0.101. The minimum Gasteiger partial charge on any atom is -0.378 e. The number of rotatable bonds is 4. The maximum atomic E-state index is 11.4. The summed E-state index contributed by atoms with van der Waals surface area (Å²) in [6.07, 6.45) is 5.77. The van der Waals surface area contributed by atoms with Crippen LogP contribution in [-0.2, 0) is 4.79 Å². The summed E-state index contributed by atoms with van der Waals surface area (Å²) in [6.45, 7) is 0. The Kier molecular flexibility index (Phi) is 4.69. The Balaban J connectivity index is 1.91. The van der Waals surface area contributed by atoms with Crippen LogP contribution in [0.3, 0.4) is 0 Å². The van der Waals surface area contributed by atoms with Crippen LogP contribution in [0.2, 0.25) is 4.34 Å². The van der Waals surface area contributed by atoms with E-state index < -0.39 is 0 Å². The Labute approximate surface area is 145 Å². The van der Waals surface area contributed by atoms with Gasteiger partial charge < -0.3 is 4.90 Å². The summed E-state index contributed by atoms with van der Waals surface area (Å²) in [4.78, 5) is 14.7. The Morgan fingerprint density at radius 3 is 2.43 bits per heavy atom. The van der Waals surface area contributed by atoms with Gasteiger partial charge in [0, 0.05) is 30.6 Å². The van der Waals surface area contributed by atoms with Gasteiger partial charge in [-0.05, 0) is 47.4 Å². The van der Waals surface area contributed by atoms with Gasteiger partial charge in [0.15, 0.2) is 0 Å². The standard InChI is InChI=1S/C19H18ClNOS/c1-21(2)16-7-5-13(6-8-16)17-11-14(3-4-15(17)12-22)18-9-10-19(20)23-18/h3-10,12,17H,11H2,1-2H3. The van der Waals surface area contributed by atoms with Gasteiger partial charge in [0.05, 0.1) is 4.34 Å². The van der Waals surface area contributed by atoms with Crippen molar-refractivity contribution in [1.82, 2.24) is 0 Å². The summed E-state index contributed by atoms with van der Waals surface area (Å²) < 4.78 is 0.790. The molecule has 0 bridgehead atoms. The summed E-state index contributed by atoms with van der Waals surface area (Å²) in [5, 5.41) is 0. The van der Waals surface area contributed by atoms with Gasteiger partial charge in [0.2, 0.25) is 0 Å². The maximum Gasteiger partial charge on any atom is 0.146 e. The van der Waals surface area contributed by atoms with Crippen LogP contribution in [0.4, 0.5) is 5.69 Å². The van der Waals surface area contributed by atoms with Crippen molar-refractivity contribution in [3.63, 3.8) is 0 Å². The van der Waals surface area contributed by atoms with E-state index in [1.807, 2.05) is 38.4 Å². The van der Waals surface area contributed by atoms with Crippen molar-refractivity contribution >= 4 is 40.5 Å². The highest BCUT2D eigenvalue weighted by Gasteiger charge is 2.22. The molecule has 1 aliphatic carbocycles. The van der Waals surface area contributed by atoms with Crippen molar-refractivity contribution in [1.29, 1.82) is 0 Å². The molecule has 0 amide bonds. The molecule has 0 radical (unpaired) electrons. The molecule has 2 nitrogen and oxygen atoms in total. The summed E-state index contributed by atoms with van der Waals surface area (Å²) in [5.41, 5.74) is 4.38. The van der Waals surface area contributed by atoms with Crippen LogP contribution in [0.15, 0.2) is 54.1 Å². The average molecular weight is 344 g/mol. The number of thiophene rings is 1. The molecule has 0 spiro atoms.